The molecule has 0 saturated heterocycles. The van der Waals surface area contributed by atoms with Gasteiger partial charge in [-0.3, -0.25) is 24.4 Å². The summed E-state index contributed by atoms with van der Waals surface area (Å²) in [5, 5.41) is 36.6. The number of ether oxygens (including phenoxy) is 3. The van der Waals surface area contributed by atoms with Crippen molar-refractivity contribution in [3.05, 3.63) is 136 Å². The highest BCUT2D eigenvalue weighted by atomic mass is 32.1. The van der Waals surface area contributed by atoms with Gasteiger partial charge in [0.05, 0.1) is 50.8 Å². The highest BCUT2D eigenvalue weighted by Crippen LogP contribution is 2.42. The number of nitrogens with zero attached hydrogens (tertiary/aromatic N) is 2. The van der Waals surface area contributed by atoms with Crippen LogP contribution in [0.4, 0.5) is 5.69 Å². The van der Waals surface area contributed by atoms with Gasteiger partial charge in [-0.05, 0) is 80.9 Å². The molecule has 2 atom stereocenters. The molecule has 4 aromatic rings. The lowest BCUT2D eigenvalue weighted by molar-refractivity contribution is -0.0523. The molecule has 6 rings (SSSR count). The highest BCUT2D eigenvalue weighted by molar-refractivity contribution is 7.80. The average molecular weight is 887 g/mol. The number of carboxylic acids is 1. The number of benzene rings is 3. The third kappa shape index (κ3) is 11.8. The van der Waals surface area contributed by atoms with E-state index >= 15 is 0 Å². The van der Waals surface area contributed by atoms with Crippen LogP contribution in [0.15, 0.2) is 95.4 Å². The third-order valence-corrected chi connectivity index (χ3v) is 10.3. The molecule has 3 heterocycles. The number of carbonyl (C=O) groups is 1. The monoisotopic (exact) mass is 886 g/mol. The van der Waals surface area contributed by atoms with Crippen LogP contribution in [0.2, 0.25) is 0 Å². The molecule has 2 aromatic carbocycles. The Balaban J connectivity index is 1.12. The molecule has 2 aromatic heterocycles. The van der Waals surface area contributed by atoms with Gasteiger partial charge in [-0.2, -0.15) is 0 Å². The summed E-state index contributed by atoms with van der Waals surface area (Å²) < 4.78 is 26.3. The van der Waals surface area contributed by atoms with Crippen LogP contribution < -0.4 is 38.6 Å². The zero-order valence-electron chi connectivity index (χ0n) is 34.3. The molecule has 20 heteroatoms. The van der Waals surface area contributed by atoms with Crippen LogP contribution in [0.5, 0.6) is 5.75 Å². The largest absolute Gasteiger partial charge is 0.508 e. The van der Waals surface area contributed by atoms with E-state index < -0.39 is 40.7 Å². The topological polar surface area (TPSA) is 269 Å². The van der Waals surface area contributed by atoms with Gasteiger partial charge in [0.25, 0.3) is 11.1 Å². The lowest BCUT2D eigenvalue weighted by Crippen LogP contribution is -2.38. The summed E-state index contributed by atoms with van der Waals surface area (Å²) in [4.78, 5) is 78.0. The van der Waals surface area contributed by atoms with Crippen LogP contribution >= 0.6 is 12.2 Å². The van der Waals surface area contributed by atoms with Crippen molar-refractivity contribution in [2.45, 2.75) is 52.0 Å². The van der Waals surface area contributed by atoms with E-state index in [1.165, 1.54) is 51.9 Å². The minimum absolute atomic E-state index is 0.0470. The fourth-order valence-corrected chi connectivity index (χ4v) is 7.05. The highest BCUT2D eigenvalue weighted by Gasteiger charge is 2.23. The van der Waals surface area contributed by atoms with E-state index in [0.717, 1.165) is 0 Å². The van der Waals surface area contributed by atoms with Crippen LogP contribution in [-0.4, -0.2) is 97.3 Å². The van der Waals surface area contributed by atoms with Crippen molar-refractivity contribution < 1.29 is 38.7 Å². The summed E-state index contributed by atoms with van der Waals surface area (Å²) in [6.45, 7) is 3.89. The van der Waals surface area contributed by atoms with Crippen molar-refractivity contribution in [3.8, 4) is 28.2 Å². The predicted octanol–water partition coefficient (Wildman–Crippen LogP) is 2.53. The molecule has 0 amide bonds. The Labute approximate surface area is 362 Å². The maximum absolute atomic E-state index is 12.7. The first-order valence-corrected chi connectivity index (χ1v) is 20.3. The normalized spacial score (nSPS) is 12.4. The number of thiocarbonyl (C=S) groups is 1. The number of nitrogens with one attached hydrogen (secondary N) is 4. The maximum Gasteiger partial charge on any atom is 0.336 e. The summed E-state index contributed by atoms with van der Waals surface area (Å²) in [7, 11) is 0. The molecular formula is C43H46N6O13S. The zero-order chi connectivity index (χ0) is 45.2. The van der Waals surface area contributed by atoms with E-state index in [4.69, 9.17) is 30.8 Å². The van der Waals surface area contributed by atoms with Crippen molar-refractivity contribution in [2.24, 2.45) is 0 Å². The molecule has 2 aliphatic rings. The van der Waals surface area contributed by atoms with Crippen molar-refractivity contribution >= 4 is 40.0 Å². The van der Waals surface area contributed by atoms with Gasteiger partial charge in [-0.1, -0.05) is 6.07 Å². The van der Waals surface area contributed by atoms with E-state index in [-0.39, 0.29) is 85.9 Å². The Kier molecular flexibility index (Phi) is 15.2. The first-order chi connectivity index (χ1) is 30.2. The number of H-pyrrole nitrogens is 2. The molecule has 0 spiro atoms. The standard InChI is InChI=1S/C43H46N6O13S/c1-24-21-48(42(57)46-38(24)53)11-9-29(61-16-15-59-23-30(60-14-13-50)10-12-49-22-25(2)39(54)47-43(49)58)20-44-41(63)45-26-3-6-31(34(17-26)40(55)56)37-32-7-4-27(51)18-35(32)62-36-19-28(52)5-8-33(36)37/h3-8,17-19,21-22,29-30,50-51H,9-16,20,23H2,1-2H3,(H,55,56)(H2,44,45,63)(H,46,53,57)(H,47,54,58)/t29-,30?/m0/s1. The molecule has 19 nitrogen and oxygen atoms in total. The molecule has 0 fully saturated rings. The number of aromatic hydroxyl groups is 1. The van der Waals surface area contributed by atoms with Gasteiger partial charge in [-0.25, -0.2) is 14.4 Å². The number of carboxylic acid groups (broad SMARTS) is 1. The zero-order valence-corrected chi connectivity index (χ0v) is 35.1. The predicted molar refractivity (Wildman–Crippen MR) is 236 cm³/mol. The number of phenolic OH excluding ortho intramolecular Hbond substituents is 1. The number of hydrogen-bond acceptors (Lipinski definition) is 13. The summed E-state index contributed by atoms with van der Waals surface area (Å²) >= 11 is 5.59. The van der Waals surface area contributed by atoms with Crippen molar-refractivity contribution in [1.82, 2.24) is 24.4 Å². The molecule has 1 aliphatic carbocycles. The Morgan fingerprint density at radius 1 is 0.825 bits per heavy atom. The van der Waals surface area contributed by atoms with Gasteiger partial charge < -0.3 is 53.7 Å². The van der Waals surface area contributed by atoms with Gasteiger partial charge in [0.1, 0.15) is 17.1 Å². The molecule has 63 heavy (non-hydrogen) atoms. The van der Waals surface area contributed by atoms with Gasteiger partial charge in [-0.15, -0.1) is 0 Å². The SMILES string of the molecule is Cc1cn(CCC(COCCO[C@@H](CCn2cc(C)c(=O)[nH]c2=O)CNC(=S)Nc2ccc(-c3c4ccc(=O)cc-4oc4cc(O)ccc34)c(C(=O)O)c2)OCCO)c(=O)[nH]c1=O. The smallest absolute Gasteiger partial charge is 0.336 e. The average Bonchev–Trinajstić information content (AvgIpc) is 3.24. The molecule has 0 radical (unpaired) electrons. The Morgan fingerprint density at radius 2 is 1.48 bits per heavy atom. The lowest BCUT2D eigenvalue weighted by Gasteiger charge is -2.22. The van der Waals surface area contributed by atoms with Crippen LogP contribution in [0.1, 0.15) is 34.3 Å². The van der Waals surface area contributed by atoms with Gasteiger partial charge in [0.2, 0.25) is 0 Å². The number of aromatic nitrogens is 4. The molecule has 1 unspecified atom stereocenters. The number of aliphatic hydroxyl groups excluding tert-OH is 1. The van der Waals surface area contributed by atoms with Crippen molar-refractivity contribution in [2.75, 3.05) is 44.9 Å². The van der Waals surface area contributed by atoms with Crippen LogP contribution in [0.3, 0.4) is 0 Å². The van der Waals surface area contributed by atoms with Gasteiger partial charge in [0, 0.05) is 77.5 Å². The van der Waals surface area contributed by atoms with E-state index in [1.807, 2.05) is 0 Å². The number of fused-ring (bicyclic) bond motifs is 2. The first kappa shape index (κ1) is 45.8. The quantitative estimate of drug-likeness (QED) is 0.0330. The number of aliphatic hydroxyl groups is 1. The second kappa shape index (κ2) is 20.9. The minimum Gasteiger partial charge on any atom is -0.508 e. The molecule has 0 bridgehead atoms. The van der Waals surface area contributed by atoms with Crippen molar-refractivity contribution in [1.29, 1.82) is 0 Å². The maximum atomic E-state index is 12.7. The number of phenols is 1. The summed E-state index contributed by atoms with van der Waals surface area (Å²) in [6, 6.07) is 13.3. The number of hydrogen-bond donors (Lipinski definition) is 7. The van der Waals surface area contributed by atoms with E-state index in [9.17, 15) is 44.1 Å². The van der Waals surface area contributed by atoms with E-state index in [2.05, 4.69) is 20.6 Å². The second-order valence-electron chi connectivity index (χ2n) is 14.6. The molecule has 1 aliphatic heterocycles. The number of anilines is 1. The second-order valence-corrected chi connectivity index (χ2v) is 15.0. The minimum atomic E-state index is -1.23. The van der Waals surface area contributed by atoms with E-state index in [0.29, 0.717) is 51.7 Å². The fourth-order valence-electron chi connectivity index (χ4n) is 6.85. The number of aromatic carboxylic acids is 1. The number of aryl methyl sites for hydroxylation is 4. The molecule has 0 saturated carbocycles. The molecular weight excluding hydrogens is 841 g/mol. The Bertz CT molecular complexity index is 2880. The molecule has 7 N–H and O–H groups in total. The Morgan fingerprint density at radius 3 is 2.14 bits per heavy atom. The van der Waals surface area contributed by atoms with Crippen LogP contribution in [0.25, 0.3) is 33.4 Å². The fraction of sp³-hybridized carbons (Fsp3) is 0.326. The summed E-state index contributed by atoms with van der Waals surface area (Å²) in [5.74, 6) is -1.09. The molecule has 332 valence electrons. The van der Waals surface area contributed by atoms with Crippen molar-refractivity contribution in [3.63, 3.8) is 0 Å². The van der Waals surface area contributed by atoms with Gasteiger partial charge in [0.15, 0.2) is 10.5 Å². The van der Waals surface area contributed by atoms with Gasteiger partial charge >= 0.3 is 17.3 Å². The van der Waals surface area contributed by atoms with Crippen LogP contribution in [-0.2, 0) is 27.3 Å². The van der Waals surface area contributed by atoms with Crippen LogP contribution in [0, 0.1) is 13.8 Å². The lowest BCUT2D eigenvalue weighted by atomic mass is 9.90. The number of aromatic amines is 2. The van der Waals surface area contributed by atoms with E-state index in [1.54, 1.807) is 38.1 Å². The Hall–Kier alpha value is -6.71. The summed E-state index contributed by atoms with van der Waals surface area (Å²) in [6.07, 6.45) is 2.52. The summed E-state index contributed by atoms with van der Waals surface area (Å²) in [5.41, 5.74) is 0.181. The first-order valence-electron chi connectivity index (χ1n) is 19.9. The third-order valence-electron chi connectivity index (χ3n) is 10.0. The number of rotatable bonds is 20.